The van der Waals surface area contributed by atoms with Gasteiger partial charge in [0.05, 0.1) is 25.0 Å². The molecule has 5 nitrogen and oxygen atoms in total. The van der Waals surface area contributed by atoms with Gasteiger partial charge in [-0.25, -0.2) is 4.79 Å². The van der Waals surface area contributed by atoms with Crippen molar-refractivity contribution >= 4 is 17.6 Å². The van der Waals surface area contributed by atoms with Crippen LogP contribution in [0, 0.1) is 0 Å². The van der Waals surface area contributed by atoms with Crippen LogP contribution in [0.2, 0.25) is 0 Å². The van der Waals surface area contributed by atoms with Crippen molar-refractivity contribution in [1.82, 2.24) is 0 Å². The number of amides is 1. The Kier molecular flexibility index (Phi) is 5.14. The molecule has 1 amide bonds. The van der Waals surface area contributed by atoms with Gasteiger partial charge in [0, 0.05) is 5.56 Å². The molecule has 0 unspecified atom stereocenters. The summed E-state index contributed by atoms with van der Waals surface area (Å²) in [5.74, 6) is -0.201. The Labute approximate surface area is 128 Å². The molecule has 0 heterocycles. The van der Waals surface area contributed by atoms with E-state index in [4.69, 9.17) is 9.47 Å². The Morgan fingerprint density at radius 2 is 1.86 bits per heavy atom. The second-order valence-corrected chi connectivity index (χ2v) is 4.45. The Bertz CT molecular complexity index is 682. The van der Waals surface area contributed by atoms with E-state index in [1.54, 1.807) is 48.5 Å². The maximum Gasteiger partial charge on any atom is 0.339 e. The van der Waals surface area contributed by atoms with Gasteiger partial charge >= 0.3 is 5.97 Å². The van der Waals surface area contributed by atoms with Crippen molar-refractivity contribution in [3.63, 3.8) is 0 Å². The van der Waals surface area contributed by atoms with E-state index in [2.05, 4.69) is 5.32 Å². The van der Waals surface area contributed by atoms with Gasteiger partial charge in [-0.1, -0.05) is 18.2 Å². The lowest BCUT2D eigenvalue weighted by molar-refractivity contribution is 0.0602. The van der Waals surface area contributed by atoms with Gasteiger partial charge in [-0.2, -0.15) is 0 Å². The molecule has 0 radical (unpaired) electrons. The third kappa shape index (κ3) is 3.63. The molecule has 0 fully saturated rings. The number of para-hydroxylation sites is 1. The zero-order valence-electron chi connectivity index (χ0n) is 12.5. The average Bonchev–Trinajstić information content (AvgIpc) is 2.55. The molecule has 0 aliphatic heterocycles. The van der Waals surface area contributed by atoms with Crippen molar-refractivity contribution in [2.75, 3.05) is 19.0 Å². The summed E-state index contributed by atoms with van der Waals surface area (Å²) in [7, 11) is 1.30. The molecule has 5 heteroatoms. The zero-order chi connectivity index (χ0) is 15.9. The Balaban J connectivity index is 2.22. The molecule has 0 aromatic heterocycles. The third-order valence-corrected chi connectivity index (χ3v) is 2.99. The predicted octanol–water partition coefficient (Wildman–Crippen LogP) is 3.12. The van der Waals surface area contributed by atoms with E-state index in [9.17, 15) is 9.59 Å². The van der Waals surface area contributed by atoms with E-state index in [0.717, 1.165) is 0 Å². The Morgan fingerprint density at radius 3 is 2.59 bits per heavy atom. The third-order valence-electron chi connectivity index (χ3n) is 2.99. The lowest BCUT2D eigenvalue weighted by atomic mass is 10.1. The number of esters is 1. The molecule has 2 aromatic rings. The number of carbonyl (C=O) groups is 2. The van der Waals surface area contributed by atoms with E-state index in [1.165, 1.54) is 7.11 Å². The van der Waals surface area contributed by atoms with Crippen molar-refractivity contribution < 1.29 is 19.1 Å². The molecule has 0 saturated heterocycles. The molecule has 0 spiro atoms. The summed E-state index contributed by atoms with van der Waals surface area (Å²) in [6, 6.07) is 13.5. The summed E-state index contributed by atoms with van der Waals surface area (Å²) in [4.78, 5) is 24.0. The van der Waals surface area contributed by atoms with Crippen LogP contribution in [0.5, 0.6) is 5.75 Å². The molecule has 22 heavy (non-hydrogen) atoms. The Hall–Kier alpha value is -2.82. The molecule has 2 rings (SSSR count). The highest BCUT2D eigenvalue weighted by Crippen LogP contribution is 2.19. The van der Waals surface area contributed by atoms with E-state index >= 15 is 0 Å². The lowest BCUT2D eigenvalue weighted by Gasteiger charge is -2.10. The second kappa shape index (κ2) is 7.26. The molecule has 0 bridgehead atoms. The van der Waals surface area contributed by atoms with Crippen molar-refractivity contribution in [2.45, 2.75) is 6.92 Å². The number of anilines is 1. The number of methoxy groups -OCH3 is 1. The molecule has 0 aliphatic carbocycles. The minimum Gasteiger partial charge on any atom is -0.494 e. The average molecular weight is 299 g/mol. The van der Waals surface area contributed by atoms with E-state index < -0.39 is 5.97 Å². The van der Waals surface area contributed by atoms with Gasteiger partial charge in [0.1, 0.15) is 5.75 Å². The van der Waals surface area contributed by atoms with Crippen LogP contribution in [0.15, 0.2) is 48.5 Å². The van der Waals surface area contributed by atoms with Crippen molar-refractivity contribution in [2.24, 2.45) is 0 Å². The van der Waals surface area contributed by atoms with Gasteiger partial charge in [0.15, 0.2) is 0 Å². The number of ether oxygens (including phenoxy) is 2. The molecule has 1 N–H and O–H groups in total. The fourth-order valence-corrected chi connectivity index (χ4v) is 1.97. The van der Waals surface area contributed by atoms with Crippen LogP contribution in [0.3, 0.4) is 0 Å². The normalized spacial score (nSPS) is 9.91. The van der Waals surface area contributed by atoms with Gasteiger partial charge in [-0.3, -0.25) is 4.79 Å². The summed E-state index contributed by atoms with van der Waals surface area (Å²) in [6.07, 6.45) is 0. The van der Waals surface area contributed by atoms with Crippen LogP contribution in [0.25, 0.3) is 0 Å². The zero-order valence-corrected chi connectivity index (χ0v) is 12.5. The number of benzene rings is 2. The van der Waals surface area contributed by atoms with E-state index in [1.807, 2.05) is 6.92 Å². The monoisotopic (exact) mass is 299 g/mol. The predicted molar refractivity (Wildman–Crippen MR) is 83.3 cm³/mol. The van der Waals surface area contributed by atoms with Crippen molar-refractivity contribution in [3.05, 3.63) is 59.7 Å². The molecule has 0 atom stereocenters. The van der Waals surface area contributed by atoms with E-state index in [0.29, 0.717) is 29.2 Å². The number of hydrogen-bond acceptors (Lipinski definition) is 4. The number of hydrogen-bond donors (Lipinski definition) is 1. The lowest BCUT2D eigenvalue weighted by Crippen LogP contribution is -2.15. The standard InChI is InChI=1S/C17H17NO4/c1-3-22-13-8-6-7-12(11-13)16(19)18-15-10-5-4-9-14(15)17(20)21-2/h4-11H,3H2,1-2H3,(H,18,19). The molecule has 114 valence electrons. The second-order valence-electron chi connectivity index (χ2n) is 4.45. The smallest absolute Gasteiger partial charge is 0.339 e. The Morgan fingerprint density at radius 1 is 1.09 bits per heavy atom. The molecule has 0 aliphatic rings. The van der Waals surface area contributed by atoms with Crippen LogP contribution in [0.1, 0.15) is 27.6 Å². The van der Waals surface area contributed by atoms with Crippen LogP contribution >= 0.6 is 0 Å². The van der Waals surface area contributed by atoms with E-state index in [-0.39, 0.29) is 5.91 Å². The van der Waals surface area contributed by atoms with Crippen LogP contribution in [0.4, 0.5) is 5.69 Å². The number of carbonyl (C=O) groups excluding carboxylic acids is 2. The fraction of sp³-hybridized carbons (Fsp3) is 0.176. The first-order chi connectivity index (χ1) is 10.7. The van der Waals surface area contributed by atoms with Gasteiger partial charge in [0.2, 0.25) is 0 Å². The van der Waals surface area contributed by atoms with Gasteiger partial charge in [-0.05, 0) is 37.3 Å². The first-order valence-corrected chi connectivity index (χ1v) is 6.87. The fourth-order valence-electron chi connectivity index (χ4n) is 1.97. The highest BCUT2D eigenvalue weighted by molar-refractivity contribution is 6.08. The van der Waals surface area contributed by atoms with Crippen LogP contribution in [-0.4, -0.2) is 25.6 Å². The summed E-state index contributed by atoms with van der Waals surface area (Å²) >= 11 is 0. The van der Waals surface area contributed by atoms with Crippen LogP contribution < -0.4 is 10.1 Å². The number of rotatable bonds is 5. The first kappa shape index (κ1) is 15.6. The highest BCUT2D eigenvalue weighted by atomic mass is 16.5. The topological polar surface area (TPSA) is 64.6 Å². The summed E-state index contributed by atoms with van der Waals surface area (Å²) < 4.78 is 10.1. The molecule has 0 saturated carbocycles. The van der Waals surface area contributed by atoms with Gasteiger partial charge in [-0.15, -0.1) is 0 Å². The quantitative estimate of drug-likeness (QED) is 0.862. The SMILES string of the molecule is CCOc1cccc(C(=O)Nc2ccccc2C(=O)OC)c1. The number of nitrogens with one attached hydrogen (secondary N) is 1. The highest BCUT2D eigenvalue weighted by Gasteiger charge is 2.14. The van der Waals surface area contributed by atoms with Gasteiger partial charge < -0.3 is 14.8 Å². The minimum absolute atomic E-state index is 0.305. The summed E-state index contributed by atoms with van der Waals surface area (Å²) in [5, 5.41) is 2.72. The first-order valence-electron chi connectivity index (χ1n) is 6.87. The summed E-state index contributed by atoms with van der Waals surface area (Å²) in [5.41, 5.74) is 1.16. The van der Waals surface area contributed by atoms with Crippen molar-refractivity contribution in [1.29, 1.82) is 0 Å². The molecular weight excluding hydrogens is 282 g/mol. The summed E-state index contributed by atoms with van der Waals surface area (Å²) in [6.45, 7) is 2.40. The minimum atomic E-state index is -0.501. The van der Waals surface area contributed by atoms with Crippen LogP contribution in [-0.2, 0) is 4.74 Å². The maximum atomic E-state index is 12.3. The largest absolute Gasteiger partial charge is 0.494 e. The molecule has 2 aromatic carbocycles. The maximum absolute atomic E-state index is 12.3. The van der Waals surface area contributed by atoms with Gasteiger partial charge in [0.25, 0.3) is 5.91 Å². The van der Waals surface area contributed by atoms with Crippen molar-refractivity contribution in [3.8, 4) is 5.75 Å². The molecular formula is C17H17NO4.